The average Bonchev–Trinajstić information content (AvgIpc) is 3.18. The third kappa shape index (κ3) is 6.48. The zero-order chi connectivity index (χ0) is 23.1. The van der Waals surface area contributed by atoms with Gasteiger partial charge in [-0.15, -0.1) is 0 Å². The fourth-order valence-electron chi connectivity index (χ4n) is 3.36. The molecule has 0 saturated carbocycles. The average molecular weight is 434 g/mol. The molecule has 0 unspecified atom stereocenters. The van der Waals surface area contributed by atoms with Crippen LogP contribution in [0.4, 0.5) is 10.5 Å². The van der Waals surface area contributed by atoms with Crippen molar-refractivity contribution in [2.75, 3.05) is 11.9 Å². The first-order valence-corrected chi connectivity index (χ1v) is 10.8. The molecule has 3 rings (SSSR count). The molecule has 3 aromatic rings. The summed E-state index contributed by atoms with van der Waals surface area (Å²) in [5.41, 5.74) is 2.83. The topological polar surface area (TPSA) is 65.8 Å². The predicted octanol–water partition coefficient (Wildman–Crippen LogP) is 5.37. The van der Waals surface area contributed by atoms with Gasteiger partial charge >= 0.3 is 6.03 Å². The van der Waals surface area contributed by atoms with Gasteiger partial charge in [0.05, 0.1) is 6.54 Å². The molecular weight excluding hydrogens is 402 g/mol. The Bertz CT molecular complexity index is 1030. The van der Waals surface area contributed by atoms with E-state index in [-0.39, 0.29) is 24.5 Å². The second-order valence-corrected chi connectivity index (χ2v) is 8.27. The van der Waals surface area contributed by atoms with Crippen molar-refractivity contribution < 1.29 is 14.0 Å². The highest BCUT2D eigenvalue weighted by Gasteiger charge is 2.24. The van der Waals surface area contributed by atoms with Gasteiger partial charge in [0.25, 0.3) is 0 Å². The van der Waals surface area contributed by atoms with Crippen molar-refractivity contribution in [3.05, 3.63) is 89.4 Å². The number of nitrogens with one attached hydrogen (secondary N) is 1. The molecule has 0 atom stereocenters. The quantitative estimate of drug-likeness (QED) is 0.519. The lowest BCUT2D eigenvalue weighted by atomic mass is 10.2. The third-order valence-corrected chi connectivity index (χ3v) is 5.20. The molecule has 3 amide bonds. The van der Waals surface area contributed by atoms with Crippen molar-refractivity contribution in [1.29, 1.82) is 0 Å². The van der Waals surface area contributed by atoms with E-state index in [2.05, 4.69) is 5.32 Å². The Balaban J connectivity index is 1.74. The third-order valence-electron chi connectivity index (χ3n) is 5.20. The molecule has 0 fully saturated rings. The van der Waals surface area contributed by atoms with Gasteiger partial charge in [-0.05, 0) is 57.5 Å². The van der Waals surface area contributed by atoms with Gasteiger partial charge in [0.1, 0.15) is 18.1 Å². The van der Waals surface area contributed by atoms with Crippen LogP contribution < -0.4 is 5.32 Å². The smallest absolute Gasteiger partial charge is 0.322 e. The summed E-state index contributed by atoms with van der Waals surface area (Å²) >= 11 is 0. The van der Waals surface area contributed by atoms with Crippen LogP contribution >= 0.6 is 0 Å². The molecule has 0 aliphatic rings. The number of anilines is 1. The van der Waals surface area contributed by atoms with Crippen LogP contribution in [-0.2, 0) is 17.9 Å². The fourth-order valence-corrected chi connectivity index (χ4v) is 3.36. The van der Waals surface area contributed by atoms with Crippen molar-refractivity contribution in [3.63, 3.8) is 0 Å². The maximum atomic E-state index is 13.3. The monoisotopic (exact) mass is 433 g/mol. The van der Waals surface area contributed by atoms with Crippen LogP contribution in [0.25, 0.3) is 0 Å². The van der Waals surface area contributed by atoms with Gasteiger partial charge in [0, 0.05) is 18.3 Å². The Morgan fingerprint density at radius 2 is 1.59 bits per heavy atom. The van der Waals surface area contributed by atoms with Crippen LogP contribution in [0.2, 0.25) is 0 Å². The van der Waals surface area contributed by atoms with E-state index in [0.29, 0.717) is 24.5 Å². The molecule has 1 heterocycles. The number of benzene rings is 2. The molecule has 1 N–H and O–H groups in total. The van der Waals surface area contributed by atoms with E-state index >= 15 is 0 Å². The zero-order valence-corrected chi connectivity index (χ0v) is 19.2. The van der Waals surface area contributed by atoms with Gasteiger partial charge in [-0.25, -0.2) is 4.79 Å². The fraction of sp³-hybridized carbons (Fsp3) is 0.308. The molecule has 0 aliphatic carbocycles. The minimum absolute atomic E-state index is 0.0259. The number of nitrogens with zero attached hydrogens (tertiary/aromatic N) is 2. The predicted molar refractivity (Wildman–Crippen MR) is 126 cm³/mol. The van der Waals surface area contributed by atoms with Crippen LogP contribution in [0.3, 0.4) is 0 Å². The largest absolute Gasteiger partial charge is 0.464 e. The zero-order valence-electron chi connectivity index (χ0n) is 19.2. The molecule has 0 bridgehead atoms. The Morgan fingerprint density at radius 3 is 2.19 bits per heavy atom. The summed E-state index contributed by atoms with van der Waals surface area (Å²) < 4.78 is 5.70. The summed E-state index contributed by atoms with van der Waals surface area (Å²) in [4.78, 5) is 29.6. The lowest BCUT2D eigenvalue weighted by molar-refractivity contribution is -0.133. The molecule has 0 spiro atoms. The lowest BCUT2D eigenvalue weighted by Gasteiger charge is -2.30. The van der Waals surface area contributed by atoms with E-state index < -0.39 is 0 Å². The Morgan fingerprint density at radius 1 is 0.906 bits per heavy atom. The molecule has 168 valence electrons. The number of amides is 3. The van der Waals surface area contributed by atoms with Crippen molar-refractivity contribution in [1.82, 2.24) is 9.80 Å². The summed E-state index contributed by atoms with van der Waals surface area (Å²) in [6.07, 6.45) is 0. The molecule has 2 aromatic carbocycles. The van der Waals surface area contributed by atoms with E-state index in [9.17, 15) is 9.59 Å². The van der Waals surface area contributed by atoms with Crippen LogP contribution in [-0.4, -0.2) is 34.3 Å². The Hall–Kier alpha value is -3.54. The molecule has 0 radical (unpaired) electrons. The normalized spacial score (nSPS) is 10.8. The Labute approximate surface area is 189 Å². The van der Waals surface area contributed by atoms with E-state index in [1.165, 1.54) is 0 Å². The molecule has 6 nitrogen and oxygen atoms in total. The van der Waals surface area contributed by atoms with Gasteiger partial charge in [0.2, 0.25) is 5.91 Å². The number of carbonyl (C=O) groups is 2. The number of hydrogen-bond donors (Lipinski definition) is 1. The molecular formula is C26H31N3O3. The second kappa shape index (κ2) is 10.7. The first-order valence-electron chi connectivity index (χ1n) is 10.8. The maximum Gasteiger partial charge on any atom is 0.322 e. The first-order chi connectivity index (χ1) is 15.3. The van der Waals surface area contributed by atoms with Crippen molar-refractivity contribution >= 4 is 17.6 Å². The van der Waals surface area contributed by atoms with Crippen molar-refractivity contribution in [2.24, 2.45) is 0 Å². The molecule has 0 aliphatic heterocycles. The van der Waals surface area contributed by atoms with Crippen LogP contribution in [0, 0.1) is 13.8 Å². The lowest BCUT2D eigenvalue weighted by Crippen LogP contribution is -2.47. The minimum Gasteiger partial charge on any atom is -0.464 e. The second-order valence-electron chi connectivity index (χ2n) is 8.27. The van der Waals surface area contributed by atoms with E-state index in [1.54, 1.807) is 9.80 Å². The first kappa shape index (κ1) is 23.1. The van der Waals surface area contributed by atoms with Crippen LogP contribution in [0.1, 0.15) is 36.5 Å². The number of carbonyl (C=O) groups excluding carboxylic acids is 2. The van der Waals surface area contributed by atoms with Gasteiger partial charge in [-0.3, -0.25) is 4.79 Å². The number of hydrogen-bond acceptors (Lipinski definition) is 3. The molecule has 32 heavy (non-hydrogen) atoms. The van der Waals surface area contributed by atoms with Gasteiger partial charge in [-0.1, -0.05) is 48.0 Å². The minimum atomic E-state index is -0.300. The van der Waals surface area contributed by atoms with E-state index in [0.717, 1.165) is 16.9 Å². The van der Waals surface area contributed by atoms with Crippen molar-refractivity contribution in [2.45, 2.75) is 46.8 Å². The number of rotatable bonds is 8. The molecule has 6 heteroatoms. The van der Waals surface area contributed by atoms with Gasteiger partial charge in [0.15, 0.2) is 0 Å². The van der Waals surface area contributed by atoms with Crippen molar-refractivity contribution in [3.8, 4) is 0 Å². The van der Waals surface area contributed by atoms with Gasteiger partial charge in [-0.2, -0.15) is 0 Å². The summed E-state index contributed by atoms with van der Waals surface area (Å²) in [6.45, 7) is 8.42. The van der Waals surface area contributed by atoms with Crippen LogP contribution in [0.15, 0.2) is 71.1 Å². The Kier molecular flexibility index (Phi) is 7.71. The number of urea groups is 1. The van der Waals surface area contributed by atoms with Gasteiger partial charge < -0.3 is 19.5 Å². The standard InChI is InChI=1S/C26H31N3O3/c1-19(2)29(26(31)27-23-13-10-20(3)11-14-23)18-25(30)28(16-22-8-6-5-7-9-22)17-24-15-12-21(4)32-24/h5-15,19H,16-18H2,1-4H3,(H,27,31). The highest BCUT2D eigenvalue weighted by atomic mass is 16.3. The summed E-state index contributed by atoms with van der Waals surface area (Å²) in [5, 5.41) is 2.90. The highest BCUT2D eigenvalue weighted by molar-refractivity contribution is 5.92. The summed E-state index contributed by atoms with van der Waals surface area (Å²) in [6, 6.07) is 20.7. The van der Waals surface area contributed by atoms with Crippen LogP contribution in [0.5, 0.6) is 0 Å². The molecule has 1 aromatic heterocycles. The maximum absolute atomic E-state index is 13.3. The number of furan rings is 1. The van der Waals surface area contributed by atoms with E-state index in [1.807, 2.05) is 94.4 Å². The SMILES string of the molecule is Cc1ccc(NC(=O)N(CC(=O)N(Cc2ccccc2)Cc2ccc(C)o2)C(C)C)cc1. The summed E-state index contributed by atoms with van der Waals surface area (Å²) in [7, 11) is 0. The number of aryl methyl sites for hydroxylation is 2. The summed E-state index contributed by atoms with van der Waals surface area (Å²) in [5.74, 6) is 1.37. The van der Waals surface area contributed by atoms with E-state index in [4.69, 9.17) is 4.42 Å². The molecule has 0 saturated heterocycles. The highest BCUT2D eigenvalue weighted by Crippen LogP contribution is 2.15.